The molecule has 1 aliphatic rings. The normalized spacial score (nSPS) is 26.9. The number of rotatable bonds is 4. The molecule has 20 heavy (non-hydrogen) atoms. The minimum absolute atomic E-state index is 0.306. The third-order valence-corrected chi connectivity index (χ3v) is 3.98. The van der Waals surface area contributed by atoms with Crippen LogP contribution in [0.3, 0.4) is 0 Å². The fraction of sp³-hybridized carbons (Fsp3) is 0.538. The highest BCUT2D eigenvalue weighted by molar-refractivity contribution is 7.46. The van der Waals surface area contributed by atoms with Crippen LogP contribution in [-0.4, -0.2) is 33.7 Å². The number of hydrogen-bond donors (Lipinski definition) is 3. The third kappa shape index (κ3) is 3.67. The maximum absolute atomic E-state index is 10.9. The van der Waals surface area contributed by atoms with Crippen LogP contribution in [0.4, 0.5) is 0 Å². The Kier molecular flexibility index (Phi) is 4.64. The largest absolute Gasteiger partial charge is 0.469 e. The van der Waals surface area contributed by atoms with E-state index in [4.69, 9.17) is 19.0 Å². The van der Waals surface area contributed by atoms with Gasteiger partial charge in [0, 0.05) is 6.42 Å². The first-order chi connectivity index (χ1) is 9.30. The van der Waals surface area contributed by atoms with Gasteiger partial charge in [0.1, 0.15) is 12.2 Å². The minimum atomic E-state index is -4.60. The second-order valence-electron chi connectivity index (χ2n) is 5.08. The molecule has 2 rings (SSSR count). The molecule has 0 bridgehead atoms. The average molecular weight is 302 g/mol. The monoisotopic (exact) mass is 302 g/mol. The van der Waals surface area contributed by atoms with Crippen LogP contribution in [0.15, 0.2) is 18.2 Å². The molecule has 0 saturated carbocycles. The van der Waals surface area contributed by atoms with Crippen LogP contribution in [0.2, 0.25) is 0 Å². The van der Waals surface area contributed by atoms with Gasteiger partial charge in [-0.25, -0.2) is 4.57 Å². The maximum atomic E-state index is 10.9. The highest BCUT2D eigenvalue weighted by atomic mass is 31.2. The van der Waals surface area contributed by atoms with Crippen LogP contribution in [0.5, 0.6) is 0 Å². The van der Waals surface area contributed by atoms with E-state index in [1.807, 2.05) is 32.0 Å². The van der Waals surface area contributed by atoms with Crippen LogP contribution < -0.4 is 0 Å². The summed E-state index contributed by atoms with van der Waals surface area (Å²) < 4.78 is 21.3. The van der Waals surface area contributed by atoms with Crippen molar-refractivity contribution in [2.45, 2.75) is 38.6 Å². The summed E-state index contributed by atoms with van der Waals surface area (Å²) in [6.45, 7) is 3.57. The minimum Gasteiger partial charge on any atom is -0.394 e. The van der Waals surface area contributed by atoms with Crippen molar-refractivity contribution in [2.24, 2.45) is 0 Å². The van der Waals surface area contributed by atoms with Gasteiger partial charge in [0.25, 0.3) is 0 Å². The Morgan fingerprint density at radius 1 is 1.40 bits per heavy atom. The molecule has 0 aliphatic carbocycles. The molecule has 6 nitrogen and oxygen atoms in total. The molecule has 1 aliphatic heterocycles. The van der Waals surface area contributed by atoms with Crippen molar-refractivity contribution in [1.82, 2.24) is 0 Å². The van der Waals surface area contributed by atoms with Crippen LogP contribution in [0.1, 0.15) is 29.2 Å². The molecule has 0 aromatic heterocycles. The second-order valence-corrected chi connectivity index (χ2v) is 6.27. The molecule has 1 aromatic rings. The van der Waals surface area contributed by atoms with Crippen LogP contribution in [-0.2, 0) is 13.8 Å². The second kappa shape index (κ2) is 5.93. The summed E-state index contributed by atoms with van der Waals surface area (Å²) in [6.07, 6.45) is -1.57. The number of aryl methyl sites for hydroxylation is 2. The topological polar surface area (TPSA) is 96.2 Å². The zero-order valence-electron chi connectivity index (χ0n) is 11.4. The van der Waals surface area contributed by atoms with Gasteiger partial charge in [-0.3, -0.25) is 4.52 Å². The molecule has 0 unspecified atom stereocenters. The molecular weight excluding hydrogens is 283 g/mol. The van der Waals surface area contributed by atoms with E-state index in [1.54, 1.807) is 0 Å². The molecule has 0 radical (unpaired) electrons. The summed E-state index contributed by atoms with van der Waals surface area (Å²) in [6, 6.07) is 5.94. The van der Waals surface area contributed by atoms with Crippen LogP contribution in [0.25, 0.3) is 0 Å². The van der Waals surface area contributed by atoms with Crippen LogP contribution >= 0.6 is 7.82 Å². The lowest BCUT2D eigenvalue weighted by molar-refractivity contribution is -0.0222. The van der Waals surface area contributed by atoms with E-state index in [2.05, 4.69) is 0 Å². The maximum Gasteiger partial charge on any atom is 0.469 e. The quantitative estimate of drug-likeness (QED) is 0.731. The molecule has 7 heteroatoms. The Bertz CT molecular complexity index is 526. The summed E-state index contributed by atoms with van der Waals surface area (Å²) in [5.41, 5.74) is 3.07. The van der Waals surface area contributed by atoms with Crippen molar-refractivity contribution in [2.75, 3.05) is 6.61 Å². The first kappa shape index (κ1) is 15.6. The summed E-state index contributed by atoms with van der Waals surface area (Å²) in [4.78, 5) is 17.8. The van der Waals surface area contributed by atoms with E-state index in [0.29, 0.717) is 6.42 Å². The predicted octanol–water partition coefficient (Wildman–Crippen LogP) is 1.60. The lowest BCUT2D eigenvalue weighted by Gasteiger charge is -2.16. The number of ether oxygens (including phenoxy) is 1. The lowest BCUT2D eigenvalue weighted by Crippen LogP contribution is -2.26. The zero-order chi connectivity index (χ0) is 14.9. The number of phosphoric ester groups is 1. The average Bonchev–Trinajstić information content (AvgIpc) is 2.72. The van der Waals surface area contributed by atoms with Gasteiger partial charge in [-0.05, 0) is 25.0 Å². The first-order valence-corrected chi connectivity index (χ1v) is 7.90. The molecule has 112 valence electrons. The molecule has 1 aromatic carbocycles. The van der Waals surface area contributed by atoms with Crippen molar-refractivity contribution < 1.29 is 28.7 Å². The van der Waals surface area contributed by atoms with Crippen molar-refractivity contribution in [1.29, 1.82) is 0 Å². The van der Waals surface area contributed by atoms with Gasteiger partial charge in [0.2, 0.25) is 0 Å². The molecule has 1 saturated heterocycles. The zero-order valence-corrected chi connectivity index (χ0v) is 12.3. The van der Waals surface area contributed by atoms with Gasteiger partial charge in [0.15, 0.2) is 0 Å². The van der Waals surface area contributed by atoms with E-state index in [0.717, 1.165) is 16.7 Å². The van der Waals surface area contributed by atoms with Gasteiger partial charge in [0.05, 0.1) is 12.7 Å². The van der Waals surface area contributed by atoms with E-state index in [-0.39, 0.29) is 12.7 Å². The summed E-state index contributed by atoms with van der Waals surface area (Å²) in [7, 11) is -4.60. The van der Waals surface area contributed by atoms with Gasteiger partial charge < -0.3 is 19.6 Å². The van der Waals surface area contributed by atoms with Crippen LogP contribution in [0, 0.1) is 13.8 Å². The Labute approximate surface area is 117 Å². The van der Waals surface area contributed by atoms with E-state index in [9.17, 15) is 9.67 Å². The standard InChI is InChI=1S/C13H19O6P/c1-8-3-4-9(2)10(5-8)11-6-12(13(7-14)18-11)19-20(15,16)17/h3-5,11-14H,6-7H2,1-2H3,(H2,15,16,17)/t11-,12+,13-/m1/s1. The molecule has 3 N–H and O–H groups in total. The lowest BCUT2D eigenvalue weighted by atomic mass is 9.98. The number of hydrogen-bond acceptors (Lipinski definition) is 4. The number of aliphatic hydroxyl groups is 1. The summed E-state index contributed by atoms with van der Waals surface area (Å²) >= 11 is 0. The fourth-order valence-electron chi connectivity index (χ4n) is 2.47. The molecule has 0 amide bonds. The SMILES string of the molecule is Cc1ccc(C)c([C@H]2C[C@H](OP(=O)(O)O)[C@@H](CO)O2)c1. The highest BCUT2D eigenvalue weighted by Gasteiger charge is 2.40. The smallest absolute Gasteiger partial charge is 0.394 e. The highest BCUT2D eigenvalue weighted by Crippen LogP contribution is 2.45. The van der Waals surface area contributed by atoms with Gasteiger partial charge in [-0.1, -0.05) is 23.8 Å². The number of aliphatic hydroxyl groups excluding tert-OH is 1. The van der Waals surface area contributed by atoms with E-state index in [1.165, 1.54) is 0 Å². The van der Waals surface area contributed by atoms with Gasteiger partial charge >= 0.3 is 7.82 Å². The summed E-state index contributed by atoms with van der Waals surface area (Å²) in [5, 5.41) is 9.26. The first-order valence-electron chi connectivity index (χ1n) is 6.37. The fourth-order valence-corrected chi connectivity index (χ4v) is 3.05. The predicted molar refractivity (Wildman–Crippen MR) is 72.1 cm³/mol. The molecular formula is C13H19O6P. The Balaban J connectivity index is 2.20. The molecule has 1 fully saturated rings. The third-order valence-electron chi connectivity index (χ3n) is 3.43. The molecule has 3 atom stereocenters. The number of benzene rings is 1. The van der Waals surface area contributed by atoms with Crippen molar-refractivity contribution in [3.05, 3.63) is 34.9 Å². The van der Waals surface area contributed by atoms with Gasteiger partial charge in [-0.15, -0.1) is 0 Å². The van der Waals surface area contributed by atoms with Gasteiger partial charge in [-0.2, -0.15) is 0 Å². The van der Waals surface area contributed by atoms with Crippen molar-refractivity contribution >= 4 is 7.82 Å². The Morgan fingerprint density at radius 3 is 2.70 bits per heavy atom. The number of phosphoric acid groups is 1. The summed E-state index contributed by atoms with van der Waals surface area (Å²) in [5.74, 6) is 0. The Morgan fingerprint density at radius 2 is 2.10 bits per heavy atom. The van der Waals surface area contributed by atoms with Crippen molar-refractivity contribution in [3.63, 3.8) is 0 Å². The van der Waals surface area contributed by atoms with E-state index >= 15 is 0 Å². The Hall–Kier alpha value is -0.750. The molecule has 1 heterocycles. The van der Waals surface area contributed by atoms with E-state index < -0.39 is 20.0 Å². The van der Waals surface area contributed by atoms with Crippen molar-refractivity contribution in [3.8, 4) is 0 Å². The molecule has 0 spiro atoms.